The van der Waals surface area contributed by atoms with Crippen LogP contribution in [0.25, 0.3) is 17.0 Å². The number of halogens is 1. The Hall–Kier alpha value is -2.93. The summed E-state index contributed by atoms with van der Waals surface area (Å²) in [6.07, 6.45) is 5.71. The SMILES string of the molecule is C=CCn1c(SCc2cn3ccccc3n2)nnc1-c1ccccc1F. The molecule has 0 atom stereocenters. The third kappa shape index (κ3) is 3.13. The lowest BCUT2D eigenvalue weighted by atomic mass is 10.2. The van der Waals surface area contributed by atoms with Gasteiger partial charge in [-0.3, -0.25) is 4.57 Å². The standard InChI is InChI=1S/C19H16FN5S/c1-2-10-25-18(15-7-3-4-8-16(15)20)22-23-19(25)26-13-14-12-24-11-6-5-9-17(24)21-14/h2-9,11-12H,1,10,13H2. The van der Waals surface area contributed by atoms with Crippen LogP contribution in [0, 0.1) is 5.82 Å². The molecule has 4 aromatic rings. The van der Waals surface area contributed by atoms with Crippen molar-refractivity contribution in [3.63, 3.8) is 0 Å². The largest absolute Gasteiger partial charge is 0.307 e. The van der Waals surface area contributed by atoms with Crippen molar-refractivity contribution in [2.45, 2.75) is 17.5 Å². The fraction of sp³-hybridized carbons (Fsp3) is 0.105. The first-order valence-electron chi connectivity index (χ1n) is 8.10. The van der Waals surface area contributed by atoms with Gasteiger partial charge in [-0.15, -0.1) is 16.8 Å². The first-order valence-corrected chi connectivity index (χ1v) is 9.09. The highest BCUT2D eigenvalue weighted by atomic mass is 32.2. The van der Waals surface area contributed by atoms with Gasteiger partial charge in [-0.05, 0) is 24.3 Å². The molecule has 130 valence electrons. The first-order chi connectivity index (χ1) is 12.8. The van der Waals surface area contributed by atoms with Gasteiger partial charge in [-0.25, -0.2) is 9.37 Å². The summed E-state index contributed by atoms with van der Waals surface area (Å²) < 4.78 is 18.0. The minimum Gasteiger partial charge on any atom is -0.307 e. The Balaban J connectivity index is 1.62. The van der Waals surface area contributed by atoms with Crippen LogP contribution in [0.15, 0.2) is 72.7 Å². The van der Waals surface area contributed by atoms with Crippen LogP contribution in [0.2, 0.25) is 0 Å². The molecule has 3 heterocycles. The smallest absolute Gasteiger partial charge is 0.192 e. The zero-order valence-corrected chi connectivity index (χ0v) is 14.7. The minimum atomic E-state index is -0.317. The fourth-order valence-corrected chi connectivity index (χ4v) is 3.56. The van der Waals surface area contributed by atoms with Crippen molar-refractivity contribution in [3.05, 3.63) is 79.0 Å². The van der Waals surface area contributed by atoms with E-state index >= 15 is 0 Å². The lowest BCUT2D eigenvalue weighted by Crippen LogP contribution is -2.01. The van der Waals surface area contributed by atoms with Gasteiger partial charge in [-0.2, -0.15) is 0 Å². The second kappa shape index (κ2) is 7.13. The van der Waals surface area contributed by atoms with Crippen molar-refractivity contribution in [3.8, 4) is 11.4 Å². The maximum absolute atomic E-state index is 14.1. The Morgan fingerprint density at radius 2 is 1.96 bits per heavy atom. The van der Waals surface area contributed by atoms with Crippen LogP contribution < -0.4 is 0 Å². The summed E-state index contributed by atoms with van der Waals surface area (Å²) in [6.45, 7) is 4.29. The summed E-state index contributed by atoms with van der Waals surface area (Å²) in [5.41, 5.74) is 2.28. The van der Waals surface area contributed by atoms with Crippen molar-refractivity contribution in [2.75, 3.05) is 0 Å². The second-order valence-electron chi connectivity index (χ2n) is 5.67. The molecule has 0 aliphatic heterocycles. The zero-order chi connectivity index (χ0) is 17.9. The molecule has 0 fully saturated rings. The number of benzene rings is 1. The third-order valence-corrected chi connectivity index (χ3v) is 4.91. The number of nitrogens with zero attached hydrogens (tertiary/aromatic N) is 5. The molecule has 7 heteroatoms. The molecule has 5 nitrogen and oxygen atoms in total. The van der Waals surface area contributed by atoms with Crippen molar-refractivity contribution in [1.82, 2.24) is 24.1 Å². The number of thioether (sulfide) groups is 1. The molecular weight excluding hydrogens is 349 g/mol. The number of aromatic nitrogens is 5. The number of hydrogen-bond donors (Lipinski definition) is 0. The third-order valence-electron chi connectivity index (χ3n) is 3.91. The van der Waals surface area contributed by atoms with E-state index in [1.165, 1.54) is 17.8 Å². The maximum atomic E-state index is 14.1. The van der Waals surface area contributed by atoms with Crippen molar-refractivity contribution in [2.24, 2.45) is 0 Å². The van der Waals surface area contributed by atoms with Gasteiger partial charge in [0.05, 0.1) is 11.3 Å². The van der Waals surface area contributed by atoms with Crippen LogP contribution in [-0.2, 0) is 12.3 Å². The molecule has 3 aromatic heterocycles. The summed E-state index contributed by atoms with van der Waals surface area (Å²) in [4.78, 5) is 4.59. The van der Waals surface area contributed by atoms with Crippen molar-refractivity contribution in [1.29, 1.82) is 0 Å². The van der Waals surface area contributed by atoms with Crippen LogP contribution in [0.5, 0.6) is 0 Å². The van der Waals surface area contributed by atoms with E-state index in [1.807, 2.05) is 39.6 Å². The maximum Gasteiger partial charge on any atom is 0.192 e. The van der Waals surface area contributed by atoms with Crippen LogP contribution in [0.1, 0.15) is 5.69 Å². The Morgan fingerprint density at radius 1 is 1.12 bits per heavy atom. The Labute approximate surface area is 154 Å². The molecule has 0 aliphatic rings. The summed E-state index contributed by atoms with van der Waals surface area (Å²) in [6, 6.07) is 12.5. The van der Waals surface area contributed by atoms with Crippen molar-refractivity contribution < 1.29 is 4.39 Å². The van der Waals surface area contributed by atoms with Crippen LogP contribution in [0.4, 0.5) is 4.39 Å². The molecular formula is C19H16FN5S. The quantitative estimate of drug-likeness (QED) is 0.379. The van der Waals surface area contributed by atoms with Gasteiger partial charge >= 0.3 is 0 Å². The summed E-state index contributed by atoms with van der Waals surface area (Å²) in [7, 11) is 0. The van der Waals surface area contributed by atoms with E-state index < -0.39 is 0 Å². The molecule has 26 heavy (non-hydrogen) atoms. The van der Waals surface area contributed by atoms with Crippen molar-refractivity contribution >= 4 is 17.4 Å². The van der Waals surface area contributed by atoms with Gasteiger partial charge in [0, 0.05) is 24.7 Å². The number of hydrogen-bond acceptors (Lipinski definition) is 4. The Bertz CT molecular complexity index is 1040. The van der Waals surface area contributed by atoms with E-state index in [1.54, 1.807) is 24.3 Å². The van der Waals surface area contributed by atoms with Gasteiger partial charge in [-0.1, -0.05) is 36.0 Å². The summed E-state index contributed by atoms with van der Waals surface area (Å²) in [5, 5.41) is 9.16. The highest BCUT2D eigenvalue weighted by molar-refractivity contribution is 7.98. The average molecular weight is 365 g/mol. The van der Waals surface area contributed by atoms with Crippen LogP contribution in [-0.4, -0.2) is 24.1 Å². The molecule has 0 bridgehead atoms. The lowest BCUT2D eigenvalue weighted by Gasteiger charge is -2.07. The van der Waals surface area contributed by atoms with Crippen LogP contribution in [0.3, 0.4) is 0 Å². The average Bonchev–Trinajstić information content (AvgIpc) is 3.24. The molecule has 0 unspecified atom stereocenters. The van der Waals surface area contributed by atoms with E-state index in [0.29, 0.717) is 28.8 Å². The summed E-state index contributed by atoms with van der Waals surface area (Å²) >= 11 is 1.52. The van der Waals surface area contributed by atoms with E-state index in [0.717, 1.165) is 11.3 Å². The highest BCUT2D eigenvalue weighted by Gasteiger charge is 2.16. The molecule has 1 aromatic carbocycles. The number of allylic oxidation sites excluding steroid dienone is 1. The number of rotatable bonds is 6. The fourth-order valence-electron chi connectivity index (χ4n) is 2.73. The Morgan fingerprint density at radius 3 is 2.77 bits per heavy atom. The monoisotopic (exact) mass is 365 g/mol. The number of fused-ring (bicyclic) bond motifs is 1. The lowest BCUT2D eigenvalue weighted by molar-refractivity contribution is 0.626. The molecule has 0 amide bonds. The van der Waals surface area contributed by atoms with Gasteiger partial charge < -0.3 is 4.40 Å². The highest BCUT2D eigenvalue weighted by Crippen LogP contribution is 2.27. The van der Waals surface area contributed by atoms with E-state index in [2.05, 4.69) is 21.8 Å². The molecule has 0 radical (unpaired) electrons. The Kier molecular flexibility index (Phi) is 4.53. The molecule has 0 spiro atoms. The molecule has 4 rings (SSSR count). The number of pyridine rings is 1. The van der Waals surface area contributed by atoms with Gasteiger partial charge in [0.25, 0.3) is 0 Å². The first kappa shape index (κ1) is 16.5. The normalized spacial score (nSPS) is 11.1. The summed E-state index contributed by atoms with van der Waals surface area (Å²) in [5.74, 6) is 0.830. The molecule has 0 aliphatic carbocycles. The molecule has 0 N–H and O–H groups in total. The van der Waals surface area contributed by atoms with Gasteiger partial charge in [0.2, 0.25) is 0 Å². The molecule has 0 saturated heterocycles. The molecule has 0 saturated carbocycles. The second-order valence-corrected chi connectivity index (χ2v) is 6.61. The minimum absolute atomic E-state index is 0.317. The number of imidazole rings is 1. The van der Waals surface area contributed by atoms with Gasteiger partial charge in [0.1, 0.15) is 11.5 Å². The predicted molar refractivity (Wildman–Crippen MR) is 100 cm³/mol. The van der Waals surface area contributed by atoms with E-state index in [9.17, 15) is 4.39 Å². The van der Waals surface area contributed by atoms with Crippen LogP contribution >= 0.6 is 11.8 Å². The zero-order valence-electron chi connectivity index (χ0n) is 13.9. The van der Waals surface area contributed by atoms with Gasteiger partial charge in [0.15, 0.2) is 11.0 Å². The van der Waals surface area contributed by atoms with E-state index in [-0.39, 0.29) is 5.82 Å². The predicted octanol–water partition coefficient (Wildman–Crippen LogP) is 4.21. The van der Waals surface area contributed by atoms with E-state index in [4.69, 9.17) is 0 Å². The topological polar surface area (TPSA) is 48.0 Å².